The zero-order valence-corrected chi connectivity index (χ0v) is 8.59. The van der Waals surface area contributed by atoms with Gasteiger partial charge in [-0.15, -0.1) is 0 Å². The Morgan fingerprint density at radius 2 is 2.07 bits per heavy atom. The predicted molar refractivity (Wildman–Crippen MR) is 55.4 cm³/mol. The summed E-state index contributed by atoms with van der Waals surface area (Å²) in [5, 5.41) is 0. The average Bonchev–Trinajstić information content (AvgIpc) is 2.28. The number of para-hydroxylation sites is 1. The van der Waals surface area contributed by atoms with E-state index in [0.29, 0.717) is 5.75 Å². The number of methoxy groups -OCH3 is 1. The molecule has 0 aliphatic carbocycles. The van der Waals surface area contributed by atoms with E-state index in [1.54, 1.807) is 14.0 Å². The highest BCUT2D eigenvalue weighted by atomic mass is 19.1. The lowest BCUT2D eigenvalue weighted by molar-refractivity contribution is 0.318. The van der Waals surface area contributed by atoms with Crippen LogP contribution in [0.5, 0.6) is 5.75 Å². The highest BCUT2D eigenvalue weighted by Gasteiger charge is 2.27. The number of alkyl halides is 1. The fourth-order valence-electron chi connectivity index (χ4n) is 1.38. The second kappa shape index (κ2) is 4.42. The SMILES string of the molecule is COc1ccccc1C(C)(CN)CF. The van der Waals surface area contributed by atoms with Crippen LogP contribution < -0.4 is 10.5 Å². The summed E-state index contributed by atoms with van der Waals surface area (Å²) in [4.78, 5) is 0. The molecule has 0 amide bonds. The molecule has 14 heavy (non-hydrogen) atoms. The van der Waals surface area contributed by atoms with Gasteiger partial charge in [0.1, 0.15) is 12.4 Å². The fourth-order valence-corrected chi connectivity index (χ4v) is 1.38. The van der Waals surface area contributed by atoms with E-state index in [4.69, 9.17) is 10.5 Å². The molecule has 0 aliphatic heterocycles. The van der Waals surface area contributed by atoms with Crippen molar-refractivity contribution in [2.45, 2.75) is 12.3 Å². The Kier molecular flexibility index (Phi) is 3.47. The second-order valence-electron chi connectivity index (χ2n) is 3.60. The second-order valence-corrected chi connectivity index (χ2v) is 3.60. The molecular weight excluding hydrogens is 181 g/mol. The zero-order chi connectivity index (χ0) is 10.6. The van der Waals surface area contributed by atoms with Gasteiger partial charge in [0.05, 0.1) is 7.11 Å². The van der Waals surface area contributed by atoms with Gasteiger partial charge in [0.15, 0.2) is 0 Å². The Labute approximate surface area is 83.9 Å². The van der Waals surface area contributed by atoms with Crippen molar-refractivity contribution in [3.8, 4) is 5.75 Å². The summed E-state index contributed by atoms with van der Waals surface area (Å²) in [5.41, 5.74) is 5.76. The third-order valence-electron chi connectivity index (χ3n) is 2.50. The summed E-state index contributed by atoms with van der Waals surface area (Å²) < 4.78 is 18.1. The molecule has 3 heteroatoms. The van der Waals surface area contributed by atoms with Gasteiger partial charge < -0.3 is 10.5 Å². The molecule has 0 bridgehead atoms. The summed E-state index contributed by atoms with van der Waals surface area (Å²) in [6.45, 7) is 1.58. The monoisotopic (exact) mass is 197 g/mol. The molecule has 1 atom stereocenters. The molecule has 78 valence electrons. The first-order valence-corrected chi connectivity index (χ1v) is 4.57. The molecule has 0 aromatic heterocycles. The molecule has 0 heterocycles. The maximum absolute atomic E-state index is 12.9. The van der Waals surface area contributed by atoms with E-state index in [1.807, 2.05) is 24.3 Å². The third-order valence-corrected chi connectivity index (χ3v) is 2.50. The summed E-state index contributed by atoms with van der Waals surface area (Å²) in [5.74, 6) is 0.693. The number of halogens is 1. The summed E-state index contributed by atoms with van der Waals surface area (Å²) in [6.07, 6.45) is 0. The Morgan fingerprint density at radius 1 is 1.43 bits per heavy atom. The van der Waals surface area contributed by atoms with Crippen LogP contribution in [0.1, 0.15) is 12.5 Å². The van der Waals surface area contributed by atoms with Gasteiger partial charge in [-0.3, -0.25) is 4.39 Å². The molecule has 0 fully saturated rings. The molecule has 0 saturated carbocycles. The predicted octanol–water partition coefficient (Wildman–Crippen LogP) is 1.88. The van der Waals surface area contributed by atoms with E-state index in [2.05, 4.69) is 0 Å². The highest BCUT2D eigenvalue weighted by Crippen LogP contribution is 2.31. The molecule has 0 spiro atoms. The van der Waals surface area contributed by atoms with Crippen LogP contribution in [0.3, 0.4) is 0 Å². The number of ether oxygens (including phenoxy) is 1. The minimum Gasteiger partial charge on any atom is -0.496 e. The lowest BCUT2D eigenvalue weighted by atomic mass is 9.83. The summed E-state index contributed by atoms with van der Waals surface area (Å²) in [6, 6.07) is 7.39. The van der Waals surface area contributed by atoms with Gasteiger partial charge in [-0.25, -0.2) is 0 Å². The summed E-state index contributed by atoms with van der Waals surface area (Å²) >= 11 is 0. The minimum atomic E-state index is -0.646. The van der Waals surface area contributed by atoms with Crippen LogP contribution in [0.15, 0.2) is 24.3 Å². The van der Waals surface area contributed by atoms with Crippen molar-refractivity contribution >= 4 is 0 Å². The lowest BCUT2D eigenvalue weighted by Crippen LogP contribution is -2.34. The number of hydrogen-bond acceptors (Lipinski definition) is 2. The minimum absolute atomic E-state index is 0.268. The van der Waals surface area contributed by atoms with Crippen molar-refractivity contribution in [1.82, 2.24) is 0 Å². The van der Waals surface area contributed by atoms with Crippen LogP contribution in [-0.2, 0) is 5.41 Å². The maximum Gasteiger partial charge on any atom is 0.122 e. The largest absolute Gasteiger partial charge is 0.496 e. The van der Waals surface area contributed by atoms with E-state index >= 15 is 0 Å². The van der Waals surface area contributed by atoms with Crippen LogP contribution in [0.25, 0.3) is 0 Å². The molecule has 0 radical (unpaired) electrons. The van der Waals surface area contributed by atoms with Gasteiger partial charge in [-0.05, 0) is 6.07 Å². The van der Waals surface area contributed by atoms with E-state index in [0.717, 1.165) is 5.56 Å². The average molecular weight is 197 g/mol. The first kappa shape index (κ1) is 11.0. The molecule has 2 nitrogen and oxygen atoms in total. The van der Waals surface area contributed by atoms with Crippen LogP contribution >= 0.6 is 0 Å². The van der Waals surface area contributed by atoms with Crippen LogP contribution in [-0.4, -0.2) is 20.3 Å². The normalized spacial score (nSPS) is 14.9. The van der Waals surface area contributed by atoms with Crippen LogP contribution in [0.4, 0.5) is 4.39 Å². The van der Waals surface area contributed by atoms with Crippen molar-refractivity contribution in [3.05, 3.63) is 29.8 Å². The Balaban J connectivity index is 3.15. The van der Waals surface area contributed by atoms with Crippen molar-refractivity contribution in [2.24, 2.45) is 5.73 Å². The van der Waals surface area contributed by atoms with Crippen LogP contribution in [0.2, 0.25) is 0 Å². The molecular formula is C11H16FNO. The van der Waals surface area contributed by atoms with Gasteiger partial charge in [0.25, 0.3) is 0 Å². The van der Waals surface area contributed by atoms with E-state index in [9.17, 15) is 4.39 Å². The van der Waals surface area contributed by atoms with Gasteiger partial charge in [-0.2, -0.15) is 0 Å². The number of benzene rings is 1. The number of rotatable bonds is 4. The molecule has 1 aromatic carbocycles. The summed E-state index contributed by atoms with van der Waals surface area (Å²) in [7, 11) is 1.58. The number of nitrogens with two attached hydrogens (primary N) is 1. The van der Waals surface area contributed by atoms with Crippen molar-refractivity contribution in [3.63, 3.8) is 0 Å². The molecule has 1 unspecified atom stereocenters. The van der Waals surface area contributed by atoms with Crippen molar-refractivity contribution in [2.75, 3.05) is 20.3 Å². The highest BCUT2D eigenvalue weighted by molar-refractivity contribution is 5.39. The van der Waals surface area contributed by atoms with E-state index in [-0.39, 0.29) is 6.54 Å². The first-order valence-electron chi connectivity index (χ1n) is 4.57. The molecule has 1 rings (SSSR count). The Bertz CT molecular complexity index is 297. The maximum atomic E-state index is 12.9. The van der Waals surface area contributed by atoms with Gasteiger partial charge in [0.2, 0.25) is 0 Å². The smallest absolute Gasteiger partial charge is 0.122 e. The van der Waals surface area contributed by atoms with E-state index in [1.165, 1.54) is 0 Å². The standard InChI is InChI=1S/C11H16FNO/c1-11(7-12,8-13)9-5-3-4-6-10(9)14-2/h3-6H,7-8,13H2,1-2H3. The van der Waals surface area contributed by atoms with E-state index < -0.39 is 12.1 Å². The molecule has 0 aliphatic rings. The lowest BCUT2D eigenvalue weighted by Gasteiger charge is -2.26. The van der Waals surface area contributed by atoms with Gasteiger partial charge >= 0.3 is 0 Å². The third kappa shape index (κ3) is 1.87. The zero-order valence-electron chi connectivity index (χ0n) is 8.59. The van der Waals surface area contributed by atoms with Crippen molar-refractivity contribution < 1.29 is 9.13 Å². The molecule has 1 aromatic rings. The Morgan fingerprint density at radius 3 is 2.57 bits per heavy atom. The quantitative estimate of drug-likeness (QED) is 0.799. The fraction of sp³-hybridized carbons (Fsp3) is 0.455. The Hall–Kier alpha value is -1.09. The van der Waals surface area contributed by atoms with Crippen LogP contribution in [0, 0.1) is 0 Å². The van der Waals surface area contributed by atoms with Crippen molar-refractivity contribution in [1.29, 1.82) is 0 Å². The van der Waals surface area contributed by atoms with Gasteiger partial charge in [-0.1, -0.05) is 25.1 Å². The van der Waals surface area contributed by atoms with Gasteiger partial charge in [0, 0.05) is 17.5 Å². The molecule has 2 N–H and O–H groups in total. The topological polar surface area (TPSA) is 35.2 Å². The first-order chi connectivity index (χ1) is 6.68. The number of hydrogen-bond donors (Lipinski definition) is 1. The molecule has 0 saturated heterocycles.